The van der Waals surface area contributed by atoms with Gasteiger partial charge in [0.2, 0.25) is 0 Å². The highest BCUT2D eigenvalue weighted by atomic mass is 16.5. The molecule has 1 N–H and O–H groups in total. The lowest BCUT2D eigenvalue weighted by atomic mass is 9.98. The molecule has 0 amide bonds. The number of aliphatic hydroxyl groups is 1. The molecule has 0 aromatic rings. The van der Waals surface area contributed by atoms with E-state index in [4.69, 9.17) is 4.74 Å². The van der Waals surface area contributed by atoms with Crippen LogP contribution in [0.15, 0.2) is 23.8 Å². The van der Waals surface area contributed by atoms with Crippen LogP contribution in [-0.4, -0.2) is 24.9 Å². The van der Waals surface area contributed by atoms with Gasteiger partial charge in [-0.15, -0.1) is 0 Å². The van der Waals surface area contributed by atoms with Crippen LogP contribution in [0.4, 0.5) is 0 Å². The van der Waals surface area contributed by atoms with Crippen molar-refractivity contribution in [3.05, 3.63) is 23.8 Å². The number of aliphatic hydroxyl groups excluding tert-OH is 1. The summed E-state index contributed by atoms with van der Waals surface area (Å²) in [5, 5.41) is 9.30. The average molecular weight is 154 g/mol. The zero-order valence-electron chi connectivity index (χ0n) is 6.95. The number of hydrogen-bond acceptors (Lipinski definition) is 2. The van der Waals surface area contributed by atoms with Crippen molar-refractivity contribution in [3.8, 4) is 0 Å². The Hall–Kier alpha value is -0.600. The molecule has 0 fully saturated rings. The standard InChI is InChI=1S/C9H14O2/c1-7(10)9-5-3-4-8(9)6-11-2/h3-5,7,9-10H,6H2,1-2H3/t7-,9?/m1/s1. The molecule has 1 aliphatic rings. The van der Waals surface area contributed by atoms with E-state index in [0.29, 0.717) is 6.61 Å². The van der Waals surface area contributed by atoms with Crippen molar-refractivity contribution >= 4 is 0 Å². The van der Waals surface area contributed by atoms with Gasteiger partial charge in [-0.3, -0.25) is 0 Å². The molecule has 0 radical (unpaired) electrons. The molecule has 0 bridgehead atoms. The van der Waals surface area contributed by atoms with Gasteiger partial charge >= 0.3 is 0 Å². The fourth-order valence-electron chi connectivity index (χ4n) is 1.32. The summed E-state index contributed by atoms with van der Waals surface area (Å²) in [5.41, 5.74) is 1.16. The Morgan fingerprint density at radius 2 is 2.45 bits per heavy atom. The predicted molar refractivity (Wildman–Crippen MR) is 44.3 cm³/mol. The fourth-order valence-corrected chi connectivity index (χ4v) is 1.32. The zero-order valence-corrected chi connectivity index (χ0v) is 6.95. The summed E-state index contributed by atoms with van der Waals surface area (Å²) in [6.45, 7) is 2.41. The molecule has 0 spiro atoms. The van der Waals surface area contributed by atoms with E-state index in [-0.39, 0.29) is 12.0 Å². The van der Waals surface area contributed by atoms with Gasteiger partial charge in [0.15, 0.2) is 0 Å². The number of allylic oxidation sites excluding steroid dienone is 2. The number of hydrogen-bond donors (Lipinski definition) is 1. The smallest absolute Gasteiger partial charge is 0.0682 e. The second-order valence-corrected chi connectivity index (χ2v) is 2.83. The molecule has 0 heterocycles. The van der Waals surface area contributed by atoms with Crippen molar-refractivity contribution in [1.82, 2.24) is 0 Å². The van der Waals surface area contributed by atoms with Crippen LogP contribution >= 0.6 is 0 Å². The molecular weight excluding hydrogens is 140 g/mol. The molecule has 0 saturated carbocycles. The summed E-state index contributed by atoms with van der Waals surface area (Å²) in [7, 11) is 1.66. The first-order valence-corrected chi connectivity index (χ1v) is 3.80. The molecule has 0 aromatic carbocycles. The average Bonchev–Trinajstić information content (AvgIpc) is 2.36. The van der Waals surface area contributed by atoms with Crippen LogP contribution in [0, 0.1) is 5.92 Å². The van der Waals surface area contributed by atoms with Crippen molar-refractivity contribution in [1.29, 1.82) is 0 Å². The topological polar surface area (TPSA) is 29.5 Å². The van der Waals surface area contributed by atoms with Gasteiger partial charge in [-0.05, 0) is 12.5 Å². The van der Waals surface area contributed by atoms with E-state index in [1.165, 1.54) is 0 Å². The van der Waals surface area contributed by atoms with Crippen LogP contribution in [-0.2, 0) is 4.74 Å². The minimum absolute atomic E-state index is 0.162. The molecule has 62 valence electrons. The SMILES string of the molecule is COCC1=CC=CC1[C@@H](C)O. The van der Waals surface area contributed by atoms with Gasteiger partial charge in [0.1, 0.15) is 0 Å². The van der Waals surface area contributed by atoms with E-state index < -0.39 is 0 Å². The summed E-state index contributed by atoms with van der Waals surface area (Å²) < 4.78 is 4.99. The van der Waals surface area contributed by atoms with Crippen LogP contribution in [0.25, 0.3) is 0 Å². The molecule has 1 rings (SSSR count). The molecule has 11 heavy (non-hydrogen) atoms. The summed E-state index contributed by atoms with van der Waals surface area (Å²) in [4.78, 5) is 0. The lowest BCUT2D eigenvalue weighted by Gasteiger charge is -2.15. The molecule has 0 aromatic heterocycles. The van der Waals surface area contributed by atoms with Crippen LogP contribution in [0.3, 0.4) is 0 Å². The highest BCUT2D eigenvalue weighted by molar-refractivity contribution is 5.28. The minimum Gasteiger partial charge on any atom is -0.392 e. The Labute approximate surface area is 67.2 Å². The Kier molecular flexibility index (Phi) is 2.85. The Bertz CT molecular complexity index is 180. The van der Waals surface area contributed by atoms with E-state index in [1.807, 2.05) is 18.2 Å². The van der Waals surface area contributed by atoms with Crippen molar-refractivity contribution in [2.75, 3.05) is 13.7 Å². The van der Waals surface area contributed by atoms with Gasteiger partial charge < -0.3 is 9.84 Å². The maximum Gasteiger partial charge on any atom is 0.0682 e. The van der Waals surface area contributed by atoms with E-state index in [9.17, 15) is 5.11 Å². The largest absolute Gasteiger partial charge is 0.392 e. The van der Waals surface area contributed by atoms with Gasteiger partial charge in [0.05, 0.1) is 12.7 Å². The second-order valence-electron chi connectivity index (χ2n) is 2.83. The van der Waals surface area contributed by atoms with Crippen LogP contribution in [0.1, 0.15) is 6.92 Å². The molecule has 0 aliphatic heterocycles. The summed E-state index contributed by atoms with van der Waals surface area (Å²) >= 11 is 0. The first-order chi connectivity index (χ1) is 5.25. The molecule has 0 saturated heterocycles. The van der Waals surface area contributed by atoms with Crippen LogP contribution in [0.2, 0.25) is 0 Å². The van der Waals surface area contributed by atoms with Crippen LogP contribution in [0.5, 0.6) is 0 Å². The number of rotatable bonds is 3. The van der Waals surface area contributed by atoms with E-state index in [0.717, 1.165) is 5.57 Å². The highest BCUT2D eigenvalue weighted by Crippen LogP contribution is 2.22. The summed E-state index contributed by atoms with van der Waals surface area (Å²) in [6, 6.07) is 0. The Morgan fingerprint density at radius 1 is 1.73 bits per heavy atom. The summed E-state index contributed by atoms with van der Waals surface area (Å²) in [5.74, 6) is 0.162. The first kappa shape index (κ1) is 8.50. The Morgan fingerprint density at radius 3 is 3.00 bits per heavy atom. The third kappa shape index (κ3) is 1.91. The van der Waals surface area contributed by atoms with Gasteiger partial charge in [-0.25, -0.2) is 0 Å². The lowest BCUT2D eigenvalue weighted by molar-refractivity contribution is 0.149. The maximum atomic E-state index is 9.30. The molecule has 2 nitrogen and oxygen atoms in total. The second kappa shape index (κ2) is 3.69. The molecule has 1 unspecified atom stereocenters. The predicted octanol–water partition coefficient (Wildman–Crippen LogP) is 1.13. The third-order valence-electron chi connectivity index (χ3n) is 1.89. The van der Waals surface area contributed by atoms with Crippen molar-refractivity contribution < 1.29 is 9.84 Å². The van der Waals surface area contributed by atoms with Gasteiger partial charge in [0.25, 0.3) is 0 Å². The molecule has 2 atom stereocenters. The van der Waals surface area contributed by atoms with Crippen LogP contribution < -0.4 is 0 Å². The minimum atomic E-state index is -0.310. The third-order valence-corrected chi connectivity index (χ3v) is 1.89. The Balaban J connectivity index is 2.54. The lowest BCUT2D eigenvalue weighted by Crippen LogP contribution is -2.17. The molecular formula is C9H14O2. The first-order valence-electron chi connectivity index (χ1n) is 3.80. The maximum absolute atomic E-state index is 9.30. The van der Waals surface area contributed by atoms with E-state index >= 15 is 0 Å². The monoisotopic (exact) mass is 154 g/mol. The van der Waals surface area contributed by atoms with E-state index in [2.05, 4.69) is 0 Å². The number of ether oxygens (including phenoxy) is 1. The number of methoxy groups -OCH3 is 1. The fraction of sp³-hybridized carbons (Fsp3) is 0.556. The summed E-state index contributed by atoms with van der Waals surface area (Å²) in [6.07, 6.45) is 5.65. The highest BCUT2D eigenvalue weighted by Gasteiger charge is 2.18. The van der Waals surface area contributed by atoms with Crippen molar-refractivity contribution in [2.45, 2.75) is 13.0 Å². The normalized spacial score (nSPS) is 25.4. The zero-order chi connectivity index (χ0) is 8.27. The van der Waals surface area contributed by atoms with E-state index in [1.54, 1.807) is 14.0 Å². The molecule has 1 aliphatic carbocycles. The van der Waals surface area contributed by atoms with Gasteiger partial charge in [0, 0.05) is 13.0 Å². The van der Waals surface area contributed by atoms with Gasteiger partial charge in [-0.2, -0.15) is 0 Å². The van der Waals surface area contributed by atoms with Gasteiger partial charge in [-0.1, -0.05) is 18.2 Å². The van der Waals surface area contributed by atoms with Crippen molar-refractivity contribution in [3.63, 3.8) is 0 Å². The van der Waals surface area contributed by atoms with Crippen molar-refractivity contribution in [2.24, 2.45) is 5.92 Å². The quantitative estimate of drug-likeness (QED) is 0.660. The molecule has 2 heteroatoms.